The molecule has 1 aromatic rings. The van der Waals surface area contributed by atoms with Crippen LogP contribution in [0.25, 0.3) is 0 Å². The van der Waals surface area contributed by atoms with E-state index in [4.69, 9.17) is 4.74 Å². The summed E-state index contributed by atoms with van der Waals surface area (Å²) < 4.78 is 5.83. The van der Waals surface area contributed by atoms with Crippen LogP contribution in [0.15, 0.2) is 24.3 Å². The van der Waals surface area contributed by atoms with Crippen molar-refractivity contribution in [3.8, 4) is 5.75 Å². The van der Waals surface area contributed by atoms with Crippen molar-refractivity contribution < 1.29 is 9.84 Å². The number of nitrogens with one attached hydrogen (secondary N) is 1. The molecule has 2 unspecified atom stereocenters. The highest BCUT2D eigenvalue weighted by Crippen LogP contribution is 2.27. The van der Waals surface area contributed by atoms with Crippen LogP contribution in [-0.2, 0) is 6.42 Å². The maximum atomic E-state index is 9.83. The average Bonchev–Trinajstić information content (AvgIpc) is 2.66. The Morgan fingerprint density at radius 2 is 2.18 bits per heavy atom. The SMILES string of the molecule is CC(NCC1Cc2ccccc2O1)C(C)(C)O. The van der Waals surface area contributed by atoms with Gasteiger partial charge in [0, 0.05) is 19.0 Å². The Kier molecular flexibility index (Phi) is 3.40. The van der Waals surface area contributed by atoms with Gasteiger partial charge in [0.1, 0.15) is 11.9 Å². The van der Waals surface area contributed by atoms with Crippen LogP contribution >= 0.6 is 0 Å². The number of hydrogen-bond donors (Lipinski definition) is 2. The lowest BCUT2D eigenvalue weighted by Crippen LogP contribution is -2.47. The van der Waals surface area contributed by atoms with Crippen molar-refractivity contribution in [1.29, 1.82) is 0 Å². The first-order valence-corrected chi connectivity index (χ1v) is 6.17. The largest absolute Gasteiger partial charge is 0.488 e. The molecule has 0 aliphatic carbocycles. The molecule has 0 amide bonds. The van der Waals surface area contributed by atoms with E-state index in [1.807, 2.05) is 39.0 Å². The fraction of sp³-hybridized carbons (Fsp3) is 0.571. The third-order valence-corrected chi connectivity index (χ3v) is 3.43. The molecule has 1 heterocycles. The van der Waals surface area contributed by atoms with Crippen LogP contribution in [0, 0.1) is 0 Å². The number of fused-ring (bicyclic) bond motifs is 1. The third kappa shape index (κ3) is 2.99. The summed E-state index contributed by atoms with van der Waals surface area (Å²) in [6, 6.07) is 8.20. The average molecular weight is 235 g/mol. The van der Waals surface area contributed by atoms with Gasteiger partial charge in [0.05, 0.1) is 5.60 Å². The molecule has 0 spiro atoms. The summed E-state index contributed by atoms with van der Waals surface area (Å²) in [7, 11) is 0. The van der Waals surface area contributed by atoms with Crippen LogP contribution in [0.5, 0.6) is 5.75 Å². The molecule has 2 rings (SSSR count). The molecule has 0 fully saturated rings. The molecule has 94 valence electrons. The first kappa shape index (κ1) is 12.4. The van der Waals surface area contributed by atoms with Crippen LogP contribution in [0.4, 0.5) is 0 Å². The van der Waals surface area contributed by atoms with Crippen LogP contribution in [0.3, 0.4) is 0 Å². The van der Waals surface area contributed by atoms with Crippen LogP contribution in [0.2, 0.25) is 0 Å². The van der Waals surface area contributed by atoms with Crippen LogP contribution in [-0.4, -0.2) is 29.4 Å². The Hall–Kier alpha value is -1.06. The number of aliphatic hydroxyl groups is 1. The number of rotatable bonds is 4. The van der Waals surface area contributed by atoms with Gasteiger partial charge in [-0.15, -0.1) is 0 Å². The number of hydrogen-bond acceptors (Lipinski definition) is 3. The van der Waals surface area contributed by atoms with Gasteiger partial charge in [0.15, 0.2) is 0 Å². The summed E-state index contributed by atoms with van der Waals surface area (Å²) >= 11 is 0. The Balaban J connectivity index is 1.85. The molecule has 0 bridgehead atoms. The van der Waals surface area contributed by atoms with Gasteiger partial charge in [-0.25, -0.2) is 0 Å². The molecule has 0 saturated carbocycles. The topological polar surface area (TPSA) is 41.5 Å². The van der Waals surface area contributed by atoms with Crippen molar-refractivity contribution in [1.82, 2.24) is 5.32 Å². The van der Waals surface area contributed by atoms with Gasteiger partial charge >= 0.3 is 0 Å². The number of ether oxygens (including phenoxy) is 1. The van der Waals surface area contributed by atoms with Crippen molar-refractivity contribution in [3.63, 3.8) is 0 Å². The normalized spacial score (nSPS) is 20.8. The van der Waals surface area contributed by atoms with Crippen LogP contribution in [0.1, 0.15) is 26.3 Å². The molecule has 1 aromatic carbocycles. The van der Waals surface area contributed by atoms with E-state index in [1.54, 1.807) is 0 Å². The molecule has 0 saturated heterocycles. The van der Waals surface area contributed by atoms with Gasteiger partial charge in [-0.3, -0.25) is 0 Å². The van der Waals surface area contributed by atoms with Gasteiger partial charge in [-0.1, -0.05) is 18.2 Å². The highest BCUT2D eigenvalue weighted by molar-refractivity contribution is 5.37. The smallest absolute Gasteiger partial charge is 0.123 e. The maximum absolute atomic E-state index is 9.83. The highest BCUT2D eigenvalue weighted by atomic mass is 16.5. The van der Waals surface area contributed by atoms with E-state index in [9.17, 15) is 5.11 Å². The summed E-state index contributed by atoms with van der Waals surface area (Å²) in [6.45, 7) is 6.38. The quantitative estimate of drug-likeness (QED) is 0.835. The zero-order valence-electron chi connectivity index (χ0n) is 10.7. The Labute approximate surface area is 103 Å². The van der Waals surface area contributed by atoms with Gasteiger partial charge in [-0.05, 0) is 32.4 Å². The standard InChI is InChI=1S/C14H21NO2/c1-10(14(2,3)16)15-9-12-8-11-6-4-5-7-13(11)17-12/h4-7,10,12,15-16H,8-9H2,1-3H3. The lowest BCUT2D eigenvalue weighted by molar-refractivity contribution is 0.0408. The monoisotopic (exact) mass is 235 g/mol. The van der Waals surface area contributed by atoms with Crippen molar-refractivity contribution in [2.75, 3.05) is 6.54 Å². The second-order valence-electron chi connectivity index (χ2n) is 5.34. The first-order valence-electron chi connectivity index (χ1n) is 6.17. The fourth-order valence-electron chi connectivity index (χ4n) is 1.93. The zero-order valence-corrected chi connectivity index (χ0v) is 10.7. The number of benzene rings is 1. The summed E-state index contributed by atoms with van der Waals surface area (Å²) in [5.41, 5.74) is 0.570. The van der Waals surface area contributed by atoms with Crippen molar-refractivity contribution >= 4 is 0 Å². The van der Waals surface area contributed by atoms with E-state index in [0.29, 0.717) is 0 Å². The lowest BCUT2D eigenvalue weighted by Gasteiger charge is -2.27. The van der Waals surface area contributed by atoms with E-state index in [2.05, 4.69) is 11.4 Å². The molecule has 2 atom stereocenters. The molecule has 3 heteroatoms. The summed E-state index contributed by atoms with van der Waals surface area (Å²) in [5, 5.41) is 13.2. The van der Waals surface area contributed by atoms with Gasteiger partial charge in [-0.2, -0.15) is 0 Å². The molecular formula is C14H21NO2. The highest BCUT2D eigenvalue weighted by Gasteiger charge is 2.26. The second-order valence-corrected chi connectivity index (χ2v) is 5.34. The van der Waals surface area contributed by atoms with Gasteiger partial charge < -0.3 is 15.2 Å². The van der Waals surface area contributed by atoms with E-state index < -0.39 is 5.60 Å². The summed E-state index contributed by atoms with van der Waals surface area (Å²) in [6.07, 6.45) is 1.12. The summed E-state index contributed by atoms with van der Waals surface area (Å²) in [5.74, 6) is 0.996. The molecule has 3 nitrogen and oxygen atoms in total. The minimum absolute atomic E-state index is 0.0508. The van der Waals surface area contributed by atoms with Gasteiger partial charge in [0.25, 0.3) is 0 Å². The molecule has 1 aliphatic heterocycles. The van der Waals surface area contributed by atoms with Crippen molar-refractivity contribution in [2.45, 2.75) is 44.9 Å². The van der Waals surface area contributed by atoms with Crippen molar-refractivity contribution in [2.24, 2.45) is 0 Å². The summed E-state index contributed by atoms with van der Waals surface area (Å²) in [4.78, 5) is 0. The predicted octanol–water partition coefficient (Wildman–Crippen LogP) is 1.74. The molecular weight excluding hydrogens is 214 g/mol. The molecule has 0 radical (unpaired) electrons. The van der Waals surface area contributed by atoms with E-state index in [-0.39, 0.29) is 12.1 Å². The minimum atomic E-state index is -0.703. The van der Waals surface area contributed by atoms with E-state index in [1.165, 1.54) is 5.56 Å². The molecule has 0 aromatic heterocycles. The van der Waals surface area contributed by atoms with Gasteiger partial charge in [0.2, 0.25) is 0 Å². The lowest BCUT2D eigenvalue weighted by atomic mass is 10.0. The Bertz CT molecular complexity index is 359. The zero-order chi connectivity index (χ0) is 12.5. The third-order valence-electron chi connectivity index (χ3n) is 3.43. The Morgan fingerprint density at radius 1 is 1.47 bits per heavy atom. The maximum Gasteiger partial charge on any atom is 0.123 e. The molecule has 17 heavy (non-hydrogen) atoms. The molecule has 1 aliphatic rings. The first-order chi connectivity index (χ1) is 7.97. The van der Waals surface area contributed by atoms with E-state index >= 15 is 0 Å². The fourth-order valence-corrected chi connectivity index (χ4v) is 1.93. The predicted molar refractivity (Wildman–Crippen MR) is 68.3 cm³/mol. The Morgan fingerprint density at radius 3 is 2.82 bits per heavy atom. The second kappa shape index (κ2) is 4.67. The van der Waals surface area contributed by atoms with Crippen LogP contribution < -0.4 is 10.1 Å². The minimum Gasteiger partial charge on any atom is -0.488 e. The van der Waals surface area contributed by atoms with Crippen molar-refractivity contribution in [3.05, 3.63) is 29.8 Å². The molecule has 2 N–H and O–H groups in total. The number of para-hydroxylation sites is 1. The van der Waals surface area contributed by atoms with E-state index in [0.717, 1.165) is 18.7 Å².